The number of rotatable bonds is 4. The van der Waals surface area contributed by atoms with E-state index in [1.54, 1.807) is 6.07 Å². The fourth-order valence-corrected chi connectivity index (χ4v) is 3.30. The number of hydrogen-bond donors (Lipinski definition) is 0. The van der Waals surface area contributed by atoms with Gasteiger partial charge in [0.25, 0.3) is 0 Å². The summed E-state index contributed by atoms with van der Waals surface area (Å²) in [6.07, 6.45) is 4.19. The molecule has 0 radical (unpaired) electrons. The SMILES string of the molecule is Fc1cc2c(cc1Br)nc(CCCl)n2CC1CCCCO1. The highest BCUT2D eigenvalue weighted by molar-refractivity contribution is 9.10. The van der Waals surface area contributed by atoms with Crippen LogP contribution in [0.1, 0.15) is 25.1 Å². The molecule has 0 spiro atoms. The first kappa shape index (κ1) is 15.3. The van der Waals surface area contributed by atoms with Crippen molar-refractivity contribution in [1.82, 2.24) is 9.55 Å². The molecule has 1 aliphatic rings. The van der Waals surface area contributed by atoms with Crippen LogP contribution in [0.2, 0.25) is 0 Å². The lowest BCUT2D eigenvalue weighted by Crippen LogP contribution is -2.25. The first-order valence-electron chi connectivity index (χ1n) is 7.21. The van der Waals surface area contributed by atoms with Gasteiger partial charge in [-0.1, -0.05) is 0 Å². The van der Waals surface area contributed by atoms with E-state index in [-0.39, 0.29) is 11.9 Å². The molecule has 1 aromatic carbocycles. The summed E-state index contributed by atoms with van der Waals surface area (Å²) in [5, 5.41) is 0. The molecule has 6 heteroatoms. The van der Waals surface area contributed by atoms with Gasteiger partial charge in [-0.3, -0.25) is 0 Å². The van der Waals surface area contributed by atoms with Crippen LogP contribution in [0.25, 0.3) is 11.0 Å². The van der Waals surface area contributed by atoms with Crippen molar-refractivity contribution >= 4 is 38.6 Å². The van der Waals surface area contributed by atoms with Crippen LogP contribution in [0.3, 0.4) is 0 Å². The van der Waals surface area contributed by atoms with Crippen LogP contribution in [0, 0.1) is 5.82 Å². The third-order valence-corrected chi connectivity index (χ3v) is 4.64. The van der Waals surface area contributed by atoms with Crippen LogP contribution in [0.4, 0.5) is 4.39 Å². The van der Waals surface area contributed by atoms with E-state index in [0.29, 0.717) is 23.3 Å². The molecule has 2 aromatic rings. The molecule has 1 aliphatic heterocycles. The summed E-state index contributed by atoms with van der Waals surface area (Å²) in [5.74, 6) is 1.12. The number of aromatic nitrogens is 2. The normalized spacial score (nSPS) is 19.3. The maximum Gasteiger partial charge on any atom is 0.139 e. The second-order valence-corrected chi connectivity index (χ2v) is 6.55. The van der Waals surface area contributed by atoms with Crippen molar-refractivity contribution < 1.29 is 9.13 Å². The number of alkyl halides is 1. The molecule has 3 rings (SSSR count). The summed E-state index contributed by atoms with van der Waals surface area (Å²) in [4.78, 5) is 4.60. The van der Waals surface area contributed by atoms with Gasteiger partial charge >= 0.3 is 0 Å². The Morgan fingerprint density at radius 3 is 3.00 bits per heavy atom. The predicted molar refractivity (Wildman–Crippen MR) is 85.4 cm³/mol. The molecule has 0 amide bonds. The Kier molecular flexibility index (Phi) is 4.82. The zero-order valence-corrected chi connectivity index (χ0v) is 14.0. The molecule has 0 aliphatic carbocycles. The number of aryl methyl sites for hydroxylation is 1. The van der Waals surface area contributed by atoms with E-state index in [1.165, 1.54) is 12.5 Å². The standard InChI is InChI=1S/C15H17BrClFN2O/c16-11-7-13-14(8-12(11)18)20(15(19-13)4-5-17)9-10-3-1-2-6-21-10/h7-8,10H,1-6,9H2. The van der Waals surface area contributed by atoms with Crippen molar-refractivity contribution in [3.05, 3.63) is 28.2 Å². The largest absolute Gasteiger partial charge is 0.376 e. The molecule has 0 N–H and O–H groups in total. The van der Waals surface area contributed by atoms with Gasteiger partial charge in [-0.25, -0.2) is 9.37 Å². The van der Waals surface area contributed by atoms with Crippen LogP contribution in [-0.2, 0) is 17.7 Å². The Morgan fingerprint density at radius 1 is 1.43 bits per heavy atom. The highest BCUT2D eigenvalue weighted by atomic mass is 79.9. The Bertz CT molecular complexity index is 640. The van der Waals surface area contributed by atoms with E-state index in [2.05, 4.69) is 25.5 Å². The maximum absolute atomic E-state index is 13.9. The van der Waals surface area contributed by atoms with Gasteiger partial charge < -0.3 is 9.30 Å². The highest BCUT2D eigenvalue weighted by Crippen LogP contribution is 2.26. The second-order valence-electron chi connectivity index (χ2n) is 5.32. The lowest BCUT2D eigenvalue weighted by Gasteiger charge is -2.24. The molecule has 3 nitrogen and oxygen atoms in total. The van der Waals surface area contributed by atoms with Crippen molar-refractivity contribution in [3.8, 4) is 0 Å². The molecule has 114 valence electrons. The maximum atomic E-state index is 13.9. The van der Waals surface area contributed by atoms with E-state index in [9.17, 15) is 4.39 Å². The van der Waals surface area contributed by atoms with Gasteiger partial charge in [0.15, 0.2) is 0 Å². The minimum absolute atomic E-state index is 0.178. The summed E-state index contributed by atoms with van der Waals surface area (Å²) >= 11 is 9.09. The number of imidazole rings is 1. The van der Waals surface area contributed by atoms with E-state index < -0.39 is 0 Å². The van der Waals surface area contributed by atoms with E-state index in [1.807, 2.05) is 0 Å². The highest BCUT2D eigenvalue weighted by Gasteiger charge is 2.19. The Morgan fingerprint density at radius 2 is 2.29 bits per heavy atom. The quantitative estimate of drug-likeness (QED) is 0.746. The molecule has 1 unspecified atom stereocenters. The van der Waals surface area contributed by atoms with Crippen LogP contribution < -0.4 is 0 Å². The lowest BCUT2D eigenvalue weighted by molar-refractivity contribution is 0.00621. The summed E-state index contributed by atoms with van der Waals surface area (Å²) in [7, 11) is 0. The van der Waals surface area contributed by atoms with Crippen molar-refractivity contribution in [3.63, 3.8) is 0 Å². The van der Waals surface area contributed by atoms with Gasteiger partial charge in [-0.15, -0.1) is 11.6 Å². The molecular formula is C15H17BrClFN2O. The summed E-state index contributed by atoms with van der Waals surface area (Å²) in [6, 6.07) is 3.26. The summed E-state index contributed by atoms with van der Waals surface area (Å²) < 4.78 is 22.2. The smallest absolute Gasteiger partial charge is 0.139 e. The minimum Gasteiger partial charge on any atom is -0.376 e. The molecule has 1 aromatic heterocycles. The average molecular weight is 376 g/mol. The Labute approximate surface area is 136 Å². The first-order chi connectivity index (χ1) is 10.2. The fraction of sp³-hybridized carbons (Fsp3) is 0.533. The van der Waals surface area contributed by atoms with Crippen molar-refractivity contribution in [2.24, 2.45) is 0 Å². The molecular weight excluding hydrogens is 359 g/mol. The minimum atomic E-state index is -0.273. The van der Waals surface area contributed by atoms with E-state index in [4.69, 9.17) is 16.3 Å². The van der Waals surface area contributed by atoms with Crippen LogP contribution in [0.5, 0.6) is 0 Å². The number of benzene rings is 1. The zero-order valence-electron chi connectivity index (χ0n) is 11.6. The van der Waals surface area contributed by atoms with Crippen LogP contribution in [0.15, 0.2) is 16.6 Å². The van der Waals surface area contributed by atoms with Gasteiger partial charge in [0.05, 0.1) is 28.2 Å². The number of hydrogen-bond acceptors (Lipinski definition) is 2. The molecule has 0 bridgehead atoms. The number of ether oxygens (including phenoxy) is 1. The van der Waals surface area contributed by atoms with Crippen molar-refractivity contribution in [2.45, 2.75) is 38.3 Å². The zero-order chi connectivity index (χ0) is 14.8. The van der Waals surface area contributed by atoms with Gasteiger partial charge in [0.2, 0.25) is 0 Å². The number of nitrogens with zero attached hydrogens (tertiary/aromatic N) is 2. The van der Waals surface area contributed by atoms with Gasteiger partial charge in [-0.2, -0.15) is 0 Å². The monoisotopic (exact) mass is 374 g/mol. The number of fused-ring (bicyclic) bond motifs is 1. The Hall–Kier alpha value is -0.650. The third-order valence-electron chi connectivity index (χ3n) is 3.85. The van der Waals surface area contributed by atoms with E-state index >= 15 is 0 Å². The van der Waals surface area contributed by atoms with Crippen molar-refractivity contribution in [1.29, 1.82) is 0 Å². The third kappa shape index (κ3) is 3.25. The van der Waals surface area contributed by atoms with E-state index in [0.717, 1.165) is 36.3 Å². The van der Waals surface area contributed by atoms with Crippen LogP contribution in [-0.4, -0.2) is 28.1 Å². The molecule has 21 heavy (non-hydrogen) atoms. The van der Waals surface area contributed by atoms with Gasteiger partial charge in [-0.05, 0) is 41.3 Å². The average Bonchev–Trinajstić information content (AvgIpc) is 2.79. The topological polar surface area (TPSA) is 27.1 Å². The molecule has 1 saturated heterocycles. The molecule has 1 atom stereocenters. The number of halogens is 3. The Balaban J connectivity index is 2.00. The molecule has 0 saturated carbocycles. The molecule has 1 fully saturated rings. The summed E-state index contributed by atoms with van der Waals surface area (Å²) in [6.45, 7) is 1.52. The predicted octanol–water partition coefficient (Wildman–Crippen LogP) is 4.29. The van der Waals surface area contributed by atoms with Gasteiger partial charge in [0, 0.05) is 25.0 Å². The van der Waals surface area contributed by atoms with Crippen molar-refractivity contribution in [2.75, 3.05) is 12.5 Å². The second kappa shape index (κ2) is 6.63. The first-order valence-corrected chi connectivity index (χ1v) is 8.53. The molecule has 2 heterocycles. The van der Waals surface area contributed by atoms with Crippen LogP contribution >= 0.6 is 27.5 Å². The van der Waals surface area contributed by atoms with Gasteiger partial charge in [0.1, 0.15) is 11.6 Å². The fourth-order valence-electron chi connectivity index (χ4n) is 2.80. The summed E-state index contributed by atoms with van der Waals surface area (Å²) in [5.41, 5.74) is 1.60. The lowest BCUT2D eigenvalue weighted by atomic mass is 10.1.